The van der Waals surface area contributed by atoms with Crippen molar-refractivity contribution in [1.82, 2.24) is 4.90 Å². The van der Waals surface area contributed by atoms with E-state index in [1.807, 2.05) is 18.2 Å². The minimum Gasteiger partial charge on any atom is -0.495 e. The topological polar surface area (TPSA) is 70.9 Å². The monoisotopic (exact) mass is 418 g/mol. The molecule has 0 bridgehead atoms. The van der Waals surface area contributed by atoms with E-state index in [2.05, 4.69) is 21.2 Å². The quantitative estimate of drug-likeness (QED) is 0.372. The highest BCUT2D eigenvalue weighted by Gasteiger charge is 2.19. The number of nitro groups is 1. The van der Waals surface area contributed by atoms with Crippen LogP contribution in [0.5, 0.6) is 5.75 Å². The van der Waals surface area contributed by atoms with Crippen molar-refractivity contribution < 1.29 is 9.66 Å². The van der Waals surface area contributed by atoms with Crippen molar-refractivity contribution in [2.75, 3.05) is 56.6 Å². The maximum absolute atomic E-state index is 11.1. The first-order valence-electron chi connectivity index (χ1n) is 9.86. The minimum atomic E-state index is -0.389. The third-order valence-electron chi connectivity index (χ3n) is 5.17. The highest BCUT2D eigenvalue weighted by molar-refractivity contribution is 6.31. The molecule has 1 N–H and O–H groups in total. The zero-order valence-electron chi connectivity index (χ0n) is 16.6. The van der Waals surface area contributed by atoms with Crippen LogP contribution in [0.15, 0.2) is 42.5 Å². The molecule has 2 aromatic carbocycles. The van der Waals surface area contributed by atoms with E-state index in [9.17, 15) is 10.1 Å². The Morgan fingerprint density at radius 2 is 1.90 bits per heavy atom. The largest absolute Gasteiger partial charge is 0.495 e. The Kier molecular flexibility index (Phi) is 7.55. The highest BCUT2D eigenvalue weighted by atomic mass is 35.5. The Balaban J connectivity index is 1.39. The zero-order valence-corrected chi connectivity index (χ0v) is 17.4. The molecule has 1 aliphatic heterocycles. The third-order valence-corrected chi connectivity index (χ3v) is 5.41. The van der Waals surface area contributed by atoms with E-state index < -0.39 is 0 Å². The number of ether oxygens (including phenoxy) is 1. The third kappa shape index (κ3) is 5.74. The van der Waals surface area contributed by atoms with Gasteiger partial charge in [0.25, 0.3) is 5.69 Å². The van der Waals surface area contributed by atoms with Crippen LogP contribution in [0.25, 0.3) is 0 Å². The number of hydrogen-bond donors (Lipinski definition) is 1. The van der Waals surface area contributed by atoms with Crippen molar-refractivity contribution >= 4 is 28.7 Å². The molecule has 7 nitrogen and oxygen atoms in total. The molecule has 0 spiro atoms. The van der Waals surface area contributed by atoms with Gasteiger partial charge in [-0.2, -0.15) is 0 Å². The zero-order chi connectivity index (χ0) is 20.6. The number of nitro benzene ring substituents is 1. The number of hydrogen-bond acceptors (Lipinski definition) is 6. The number of nitrogens with one attached hydrogen (secondary N) is 1. The molecule has 0 saturated carbocycles. The van der Waals surface area contributed by atoms with Crippen LogP contribution in [0.3, 0.4) is 0 Å². The molecule has 0 radical (unpaired) electrons. The number of rotatable bonds is 9. The number of nitrogens with zero attached hydrogens (tertiary/aromatic N) is 3. The van der Waals surface area contributed by atoms with Gasteiger partial charge < -0.3 is 15.0 Å². The lowest BCUT2D eigenvalue weighted by molar-refractivity contribution is -0.384. The van der Waals surface area contributed by atoms with Crippen LogP contribution in [0.1, 0.15) is 12.8 Å². The summed E-state index contributed by atoms with van der Waals surface area (Å²) in [6.07, 6.45) is 1.98. The first kappa shape index (κ1) is 21.2. The Labute approximate surface area is 176 Å². The summed E-state index contributed by atoms with van der Waals surface area (Å²) in [6, 6.07) is 12.7. The lowest BCUT2D eigenvalue weighted by Gasteiger charge is -2.36. The van der Waals surface area contributed by atoms with Gasteiger partial charge in [-0.05, 0) is 43.7 Å². The first-order chi connectivity index (χ1) is 14.1. The Morgan fingerprint density at radius 3 is 2.62 bits per heavy atom. The maximum Gasteiger partial charge on any atom is 0.292 e. The van der Waals surface area contributed by atoms with Crippen molar-refractivity contribution in [3.8, 4) is 5.75 Å². The predicted molar refractivity (Wildman–Crippen MR) is 117 cm³/mol. The van der Waals surface area contributed by atoms with Gasteiger partial charge in [0.15, 0.2) is 0 Å². The Bertz CT molecular complexity index is 825. The lowest BCUT2D eigenvalue weighted by Crippen LogP contribution is -2.46. The second-order valence-corrected chi connectivity index (χ2v) is 7.49. The summed E-state index contributed by atoms with van der Waals surface area (Å²) in [5.41, 5.74) is 1.69. The Hall–Kier alpha value is -2.51. The second kappa shape index (κ2) is 10.3. The first-order valence-corrected chi connectivity index (χ1v) is 10.2. The molecule has 1 aliphatic rings. The smallest absolute Gasteiger partial charge is 0.292 e. The summed E-state index contributed by atoms with van der Waals surface area (Å²) in [5.74, 6) is 0.919. The number of halogens is 1. The van der Waals surface area contributed by atoms with E-state index in [0.29, 0.717) is 17.3 Å². The molecule has 1 fully saturated rings. The molecule has 0 atom stereocenters. The van der Waals surface area contributed by atoms with Gasteiger partial charge in [-0.1, -0.05) is 23.7 Å². The lowest BCUT2D eigenvalue weighted by atomic mass is 10.2. The molecule has 1 saturated heterocycles. The van der Waals surface area contributed by atoms with Crippen LogP contribution in [-0.4, -0.2) is 56.2 Å². The number of benzene rings is 2. The standard InChI is InChI=1S/C21H27ClN4O3/c1-29-21-7-3-2-6-20(21)25-14-12-24(13-15-25)11-5-4-10-23-18-16-17(22)8-9-19(18)26(27)28/h2-3,6-9,16,23H,4-5,10-15H2,1H3. The van der Waals surface area contributed by atoms with Crippen LogP contribution < -0.4 is 15.0 Å². The number of methoxy groups -OCH3 is 1. The molecule has 0 amide bonds. The van der Waals surface area contributed by atoms with Crippen molar-refractivity contribution in [3.05, 3.63) is 57.6 Å². The van der Waals surface area contributed by atoms with Gasteiger partial charge in [0.05, 0.1) is 17.7 Å². The normalized spacial score (nSPS) is 14.6. The highest BCUT2D eigenvalue weighted by Crippen LogP contribution is 2.29. The summed E-state index contributed by atoms with van der Waals surface area (Å²) in [7, 11) is 1.71. The Morgan fingerprint density at radius 1 is 1.14 bits per heavy atom. The molecular weight excluding hydrogens is 392 g/mol. The molecule has 0 unspecified atom stereocenters. The SMILES string of the molecule is COc1ccccc1N1CCN(CCCCNc2cc(Cl)ccc2[N+](=O)[O-])CC1. The van der Waals surface area contributed by atoms with Crippen LogP contribution in [0.2, 0.25) is 5.02 Å². The number of anilines is 2. The molecular formula is C21H27ClN4O3. The van der Waals surface area contributed by atoms with Gasteiger partial charge in [-0.25, -0.2) is 0 Å². The molecule has 0 aliphatic carbocycles. The fourth-order valence-electron chi connectivity index (χ4n) is 3.60. The van der Waals surface area contributed by atoms with Gasteiger partial charge in [0, 0.05) is 43.8 Å². The molecule has 0 aromatic heterocycles. The van der Waals surface area contributed by atoms with Gasteiger partial charge in [-0.15, -0.1) is 0 Å². The van der Waals surface area contributed by atoms with Gasteiger partial charge >= 0.3 is 0 Å². The van der Waals surface area contributed by atoms with E-state index in [1.54, 1.807) is 13.2 Å². The fraction of sp³-hybridized carbons (Fsp3) is 0.429. The predicted octanol–water partition coefficient (Wildman–Crippen LogP) is 4.27. The van der Waals surface area contributed by atoms with E-state index >= 15 is 0 Å². The average molecular weight is 419 g/mol. The van der Waals surface area contributed by atoms with Crippen LogP contribution in [-0.2, 0) is 0 Å². The van der Waals surface area contributed by atoms with Crippen molar-refractivity contribution in [2.45, 2.75) is 12.8 Å². The molecule has 156 valence electrons. The van der Waals surface area contributed by atoms with Crippen molar-refractivity contribution in [2.24, 2.45) is 0 Å². The van der Waals surface area contributed by atoms with E-state index in [1.165, 1.54) is 12.1 Å². The minimum absolute atomic E-state index is 0.0573. The summed E-state index contributed by atoms with van der Waals surface area (Å²) < 4.78 is 5.47. The molecule has 2 aromatic rings. The molecule has 29 heavy (non-hydrogen) atoms. The van der Waals surface area contributed by atoms with E-state index in [-0.39, 0.29) is 10.6 Å². The molecule has 3 rings (SSSR count). The van der Waals surface area contributed by atoms with Crippen molar-refractivity contribution in [3.63, 3.8) is 0 Å². The molecule has 8 heteroatoms. The van der Waals surface area contributed by atoms with Crippen LogP contribution >= 0.6 is 11.6 Å². The maximum atomic E-state index is 11.1. The summed E-state index contributed by atoms with van der Waals surface area (Å²) in [5, 5.41) is 14.7. The van der Waals surface area contributed by atoms with Crippen LogP contribution in [0, 0.1) is 10.1 Å². The van der Waals surface area contributed by atoms with Gasteiger partial charge in [0.2, 0.25) is 0 Å². The number of para-hydroxylation sites is 2. The summed E-state index contributed by atoms with van der Waals surface area (Å²) >= 11 is 5.96. The van der Waals surface area contributed by atoms with Crippen LogP contribution in [0.4, 0.5) is 17.1 Å². The van der Waals surface area contributed by atoms with E-state index in [0.717, 1.165) is 57.0 Å². The van der Waals surface area contributed by atoms with Crippen molar-refractivity contribution in [1.29, 1.82) is 0 Å². The van der Waals surface area contributed by atoms with Gasteiger partial charge in [0.1, 0.15) is 11.4 Å². The van der Waals surface area contributed by atoms with E-state index in [4.69, 9.17) is 16.3 Å². The molecule has 1 heterocycles. The number of unbranched alkanes of at least 4 members (excludes halogenated alkanes) is 1. The second-order valence-electron chi connectivity index (χ2n) is 7.05. The summed E-state index contributed by atoms with van der Waals surface area (Å²) in [6.45, 7) is 5.71. The fourth-order valence-corrected chi connectivity index (χ4v) is 3.77. The summed E-state index contributed by atoms with van der Waals surface area (Å²) in [4.78, 5) is 15.5. The number of piperazine rings is 1. The average Bonchev–Trinajstić information content (AvgIpc) is 2.74. The van der Waals surface area contributed by atoms with Gasteiger partial charge in [-0.3, -0.25) is 15.0 Å².